The van der Waals surface area contributed by atoms with Crippen LogP contribution in [-0.2, 0) is 16.0 Å². The highest BCUT2D eigenvalue weighted by Gasteiger charge is 2.29. The molecule has 23 heavy (non-hydrogen) atoms. The fourth-order valence-corrected chi connectivity index (χ4v) is 2.21. The van der Waals surface area contributed by atoms with E-state index in [0.717, 1.165) is 12.0 Å². The largest absolute Gasteiger partial charge is 0.299 e. The van der Waals surface area contributed by atoms with E-state index in [1.54, 1.807) is 6.20 Å². The van der Waals surface area contributed by atoms with Crippen molar-refractivity contribution in [1.82, 2.24) is 4.98 Å². The summed E-state index contributed by atoms with van der Waals surface area (Å²) in [5.74, 6) is 0.467. The molecule has 0 aliphatic rings. The van der Waals surface area contributed by atoms with Crippen molar-refractivity contribution in [1.29, 1.82) is 0 Å². The zero-order valence-corrected chi connectivity index (χ0v) is 16.9. The molecule has 0 spiro atoms. The van der Waals surface area contributed by atoms with E-state index in [1.807, 2.05) is 59.9 Å². The minimum atomic E-state index is -0.363. The van der Waals surface area contributed by atoms with E-state index in [0.29, 0.717) is 12.8 Å². The Labute approximate surface area is 151 Å². The summed E-state index contributed by atoms with van der Waals surface area (Å²) in [6.07, 6.45) is 5.16. The maximum Gasteiger partial charge on any atom is 0.138 e. The third-order valence-corrected chi connectivity index (χ3v) is 3.87. The lowest BCUT2D eigenvalue weighted by molar-refractivity contribution is -0.129. The third-order valence-electron chi connectivity index (χ3n) is 3.87. The molecule has 0 saturated carbocycles. The maximum absolute atomic E-state index is 12.4. The molecule has 1 aromatic heterocycles. The average Bonchev–Trinajstić information content (AvgIpc) is 2.37. The second-order valence-corrected chi connectivity index (χ2v) is 8.19. The van der Waals surface area contributed by atoms with Gasteiger partial charge in [-0.15, -0.1) is 17.0 Å². The Bertz CT molecular complexity index is 484. The summed E-state index contributed by atoms with van der Waals surface area (Å²) in [6.45, 7) is 11.6. The first-order valence-corrected chi connectivity index (χ1v) is 7.95. The number of Topliss-reactive ketones (excluding diaryl/α,β-unsaturated/α-hetero) is 2. The predicted molar refractivity (Wildman–Crippen MR) is 99.9 cm³/mol. The maximum atomic E-state index is 12.4. The molecule has 0 fully saturated rings. The summed E-state index contributed by atoms with van der Waals surface area (Å²) in [7, 11) is 0. The Balaban J connectivity index is 0.00000484. The monoisotopic (exact) mass is 383 g/mol. The van der Waals surface area contributed by atoms with Crippen LogP contribution in [0.4, 0.5) is 0 Å². The first kappa shape index (κ1) is 22.0. The second kappa shape index (κ2) is 8.72. The number of hydrogen-bond donors (Lipinski definition) is 0. The van der Waals surface area contributed by atoms with E-state index in [-0.39, 0.29) is 45.3 Å². The van der Waals surface area contributed by atoms with Gasteiger partial charge in [0.15, 0.2) is 0 Å². The Morgan fingerprint density at radius 1 is 1.00 bits per heavy atom. The van der Waals surface area contributed by atoms with E-state index in [4.69, 9.17) is 0 Å². The molecule has 3 nitrogen and oxygen atoms in total. The minimum Gasteiger partial charge on any atom is -0.299 e. The molecule has 1 rings (SSSR count). The van der Waals surface area contributed by atoms with Gasteiger partial charge in [-0.2, -0.15) is 0 Å². The first-order valence-electron chi connectivity index (χ1n) is 7.95. The number of pyridine rings is 1. The van der Waals surface area contributed by atoms with Crippen molar-refractivity contribution in [3.05, 3.63) is 30.1 Å². The summed E-state index contributed by atoms with van der Waals surface area (Å²) in [4.78, 5) is 28.9. The molecule has 1 aromatic rings. The molecular formula is C19H30BrNO2. The van der Waals surface area contributed by atoms with Crippen LogP contribution in [0.15, 0.2) is 24.5 Å². The average molecular weight is 384 g/mol. The van der Waals surface area contributed by atoms with Gasteiger partial charge in [-0.1, -0.05) is 47.6 Å². The number of aromatic nitrogens is 1. The van der Waals surface area contributed by atoms with Crippen LogP contribution in [0.25, 0.3) is 0 Å². The molecule has 0 unspecified atom stereocenters. The zero-order valence-electron chi connectivity index (χ0n) is 15.2. The molecule has 0 aliphatic heterocycles. The van der Waals surface area contributed by atoms with Gasteiger partial charge < -0.3 is 0 Å². The number of nitrogens with zero attached hydrogens (tertiary/aromatic N) is 1. The quantitative estimate of drug-likeness (QED) is 0.706. The summed E-state index contributed by atoms with van der Waals surface area (Å²) < 4.78 is 0. The Morgan fingerprint density at radius 2 is 1.48 bits per heavy atom. The molecule has 0 atom stereocenters. The van der Waals surface area contributed by atoms with Crippen molar-refractivity contribution in [2.45, 2.75) is 60.8 Å². The molecule has 0 bridgehead atoms. The fraction of sp³-hybridized carbons (Fsp3) is 0.632. The van der Waals surface area contributed by atoms with Crippen LogP contribution in [0.2, 0.25) is 0 Å². The molecule has 0 aliphatic carbocycles. The van der Waals surface area contributed by atoms with Crippen LogP contribution >= 0.6 is 17.0 Å². The van der Waals surface area contributed by atoms with Gasteiger partial charge in [0.1, 0.15) is 11.6 Å². The summed E-state index contributed by atoms with van der Waals surface area (Å²) in [5.41, 5.74) is 0.353. The first-order chi connectivity index (χ1) is 10.00. The molecule has 130 valence electrons. The summed E-state index contributed by atoms with van der Waals surface area (Å²) in [6, 6.07) is 3.90. The Morgan fingerprint density at radius 3 is 1.83 bits per heavy atom. The van der Waals surface area contributed by atoms with E-state index in [1.165, 1.54) is 0 Å². The zero-order chi connectivity index (χ0) is 17.0. The van der Waals surface area contributed by atoms with E-state index in [9.17, 15) is 9.59 Å². The molecule has 4 heteroatoms. The van der Waals surface area contributed by atoms with Gasteiger partial charge >= 0.3 is 0 Å². The number of ketones is 2. The SMILES string of the molecule is Br.CC(C)(C)C(=O)CC(CC(=O)C(C)(C)C)Cc1cccnc1. The topological polar surface area (TPSA) is 47.0 Å². The molecule has 0 N–H and O–H groups in total. The Kier molecular flexibility index (Phi) is 8.33. The van der Waals surface area contributed by atoms with E-state index >= 15 is 0 Å². The van der Waals surface area contributed by atoms with Crippen molar-refractivity contribution >= 4 is 28.5 Å². The third kappa shape index (κ3) is 7.87. The van der Waals surface area contributed by atoms with Crippen molar-refractivity contribution in [2.24, 2.45) is 16.7 Å². The second-order valence-electron chi connectivity index (χ2n) is 8.19. The smallest absolute Gasteiger partial charge is 0.138 e. The highest BCUT2D eigenvalue weighted by Crippen LogP contribution is 2.27. The normalized spacial score (nSPS) is 12.0. The summed E-state index contributed by atoms with van der Waals surface area (Å²) in [5, 5.41) is 0. The number of hydrogen-bond acceptors (Lipinski definition) is 3. The van der Waals surface area contributed by atoms with E-state index < -0.39 is 0 Å². The highest BCUT2D eigenvalue weighted by molar-refractivity contribution is 8.93. The molecule has 0 amide bonds. The van der Waals surface area contributed by atoms with Crippen molar-refractivity contribution in [3.8, 4) is 0 Å². The number of carbonyl (C=O) groups excluding carboxylic acids is 2. The van der Waals surface area contributed by atoms with Gasteiger partial charge in [-0.05, 0) is 24.0 Å². The number of carbonyl (C=O) groups is 2. The number of halogens is 1. The highest BCUT2D eigenvalue weighted by atomic mass is 79.9. The van der Waals surface area contributed by atoms with Gasteiger partial charge in [0, 0.05) is 36.1 Å². The molecule has 1 heterocycles. The van der Waals surface area contributed by atoms with Crippen molar-refractivity contribution < 1.29 is 9.59 Å². The lowest BCUT2D eigenvalue weighted by Crippen LogP contribution is -2.28. The molecular weight excluding hydrogens is 354 g/mol. The van der Waals surface area contributed by atoms with Crippen LogP contribution in [0.3, 0.4) is 0 Å². The standard InChI is InChI=1S/C19H29NO2.BrH/c1-18(2,3)16(21)11-15(12-17(22)19(4,5)6)10-14-8-7-9-20-13-14;/h7-9,13,15H,10-12H2,1-6H3;1H. The van der Waals surface area contributed by atoms with Gasteiger partial charge in [-0.25, -0.2) is 0 Å². The van der Waals surface area contributed by atoms with Crippen LogP contribution in [0.5, 0.6) is 0 Å². The van der Waals surface area contributed by atoms with Crippen LogP contribution < -0.4 is 0 Å². The molecule has 0 saturated heterocycles. The van der Waals surface area contributed by atoms with Gasteiger partial charge in [0.25, 0.3) is 0 Å². The van der Waals surface area contributed by atoms with Crippen molar-refractivity contribution in [2.75, 3.05) is 0 Å². The van der Waals surface area contributed by atoms with Gasteiger partial charge in [0.05, 0.1) is 0 Å². The summed E-state index contributed by atoms with van der Waals surface area (Å²) >= 11 is 0. The fourth-order valence-electron chi connectivity index (χ4n) is 2.21. The predicted octanol–water partition coefficient (Wildman–Crippen LogP) is 4.83. The van der Waals surface area contributed by atoms with Crippen LogP contribution in [0.1, 0.15) is 59.9 Å². The van der Waals surface area contributed by atoms with E-state index in [2.05, 4.69) is 4.98 Å². The molecule has 0 aromatic carbocycles. The lowest BCUT2D eigenvalue weighted by Gasteiger charge is -2.24. The lowest BCUT2D eigenvalue weighted by atomic mass is 9.78. The van der Waals surface area contributed by atoms with Crippen LogP contribution in [-0.4, -0.2) is 16.6 Å². The van der Waals surface area contributed by atoms with Crippen molar-refractivity contribution in [3.63, 3.8) is 0 Å². The van der Waals surface area contributed by atoms with Gasteiger partial charge in [0.2, 0.25) is 0 Å². The number of rotatable bonds is 6. The minimum absolute atomic E-state index is 0. The molecule has 0 radical (unpaired) electrons. The van der Waals surface area contributed by atoms with Gasteiger partial charge in [-0.3, -0.25) is 14.6 Å². The Hall–Kier alpha value is -1.03. The van der Waals surface area contributed by atoms with Crippen LogP contribution in [0, 0.1) is 16.7 Å².